The van der Waals surface area contributed by atoms with Crippen LogP contribution in [-0.2, 0) is 0 Å². The molecule has 0 saturated heterocycles. The fourth-order valence-corrected chi connectivity index (χ4v) is 2.89. The van der Waals surface area contributed by atoms with Crippen LogP contribution in [0, 0.1) is 0 Å². The largest absolute Gasteiger partial charge is 0.337 e. The number of allylic oxidation sites excluding steroid dienone is 3. The maximum Gasteiger partial charge on any atom is 0.0517 e. The van der Waals surface area contributed by atoms with Crippen molar-refractivity contribution >= 4 is 28.3 Å². The van der Waals surface area contributed by atoms with E-state index in [4.69, 9.17) is 0 Å². The van der Waals surface area contributed by atoms with Gasteiger partial charge in [0.25, 0.3) is 0 Å². The van der Waals surface area contributed by atoms with Gasteiger partial charge in [-0.2, -0.15) is 0 Å². The molecule has 0 atom stereocenters. The minimum atomic E-state index is 0.779. The number of rotatable bonds is 3. The Kier molecular flexibility index (Phi) is 4.07. The SMILES string of the molecule is C=CCN1C(=C)C(I)=CC(C)=C1c1ccccc1. The molecule has 1 aromatic carbocycles. The van der Waals surface area contributed by atoms with Crippen molar-refractivity contribution in [2.75, 3.05) is 6.54 Å². The van der Waals surface area contributed by atoms with Crippen molar-refractivity contribution in [1.29, 1.82) is 0 Å². The third-order valence-electron chi connectivity index (χ3n) is 2.95. The Hall–Kier alpha value is -1.29. The first-order valence-corrected chi connectivity index (χ1v) is 6.94. The molecular weight excluding hydrogens is 333 g/mol. The van der Waals surface area contributed by atoms with Crippen molar-refractivity contribution in [3.05, 3.63) is 76.1 Å². The molecule has 1 nitrogen and oxygen atoms in total. The number of hydrogen-bond donors (Lipinski definition) is 0. The molecule has 0 aromatic heterocycles. The van der Waals surface area contributed by atoms with Crippen LogP contribution in [0.4, 0.5) is 0 Å². The molecule has 1 aliphatic rings. The first kappa shape index (κ1) is 13.1. The molecule has 0 N–H and O–H groups in total. The van der Waals surface area contributed by atoms with Gasteiger partial charge in [-0.05, 0) is 46.7 Å². The molecule has 0 aliphatic carbocycles. The minimum absolute atomic E-state index is 0.779. The summed E-state index contributed by atoms with van der Waals surface area (Å²) in [4.78, 5) is 2.22. The summed E-state index contributed by atoms with van der Waals surface area (Å²) in [5.41, 5.74) is 4.75. The third kappa shape index (κ3) is 2.43. The molecule has 1 aliphatic heterocycles. The van der Waals surface area contributed by atoms with Crippen LogP contribution in [0.15, 0.2) is 70.5 Å². The van der Waals surface area contributed by atoms with E-state index in [1.165, 1.54) is 20.4 Å². The summed E-state index contributed by atoms with van der Waals surface area (Å²) in [6.07, 6.45) is 4.10. The molecule has 18 heavy (non-hydrogen) atoms. The summed E-state index contributed by atoms with van der Waals surface area (Å²) in [5.74, 6) is 0. The van der Waals surface area contributed by atoms with Gasteiger partial charge in [-0.25, -0.2) is 0 Å². The van der Waals surface area contributed by atoms with Crippen molar-refractivity contribution in [3.8, 4) is 0 Å². The highest BCUT2D eigenvalue weighted by atomic mass is 127. The van der Waals surface area contributed by atoms with Crippen molar-refractivity contribution < 1.29 is 0 Å². The molecule has 0 saturated carbocycles. The van der Waals surface area contributed by atoms with Gasteiger partial charge >= 0.3 is 0 Å². The van der Waals surface area contributed by atoms with E-state index >= 15 is 0 Å². The average Bonchev–Trinajstić information content (AvgIpc) is 2.37. The monoisotopic (exact) mass is 349 g/mol. The Bertz CT molecular complexity index is 537. The highest BCUT2D eigenvalue weighted by Crippen LogP contribution is 2.36. The van der Waals surface area contributed by atoms with E-state index in [9.17, 15) is 0 Å². The van der Waals surface area contributed by atoms with Gasteiger partial charge in [-0.15, -0.1) is 6.58 Å². The molecule has 0 fully saturated rings. The third-order valence-corrected chi connectivity index (χ3v) is 3.88. The van der Waals surface area contributed by atoms with E-state index in [1.54, 1.807) is 0 Å². The lowest BCUT2D eigenvalue weighted by Crippen LogP contribution is -2.24. The molecule has 0 amide bonds. The second-order valence-electron chi connectivity index (χ2n) is 4.24. The van der Waals surface area contributed by atoms with Crippen LogP contribution in [0.5, 0.6) is 0 Å². The molecule has 2 heteroatoms. The van der Waals surface area contributed by atoms with Crippen LogP contribution < -0.4 is 0 Å². The molecule has 1 aromatic rings. The van der Waals surface area contributed by atoms with E-state index in [0.717, 1.165) is 12.2 Å². The van der Waals surface area contributed by atoms with Gasteiger partial charge in [-0.1, -0.05) is 43.0 Å². The van der Waals surface area contributed by atoms with Crippen LogP contribution in [0.3, 0.4) is 0 Å². The number of nitrogens with zero attached hydrogens (tertiary/aromatic N) is 1. The number of hydrogen-bond acceptors (Lipinski definition) is 1. The molecule has 1 heterocycles. The van der Waals surface area contributed by atoms with Crippen LogP contribution in [0.1, 0.15) is 12.5 Å². The maximum absolute atomic E-state index is 4.17. The standard InChI is InChI=1S/C16H16IN/c1-4-10-18-13(3)15(17)11-12(2)16(18)14-8-6-5-7-9-14/h4-9,11H,1,3,10H2,2H3. The summed E-state index contributed by atoms with van der Waals surface area (Å²) in [5, 5.41) is 0. The van der Waals surface area contributed by atoms with Crippen molar-refractivity contribution in [2.24, 2.45) is 0 Å². The Labute approximate surface area is 122 Å². The summed E-state index contributed by atoms with van der Waals surface area (Å²) >= 11 is 2.33. The van der Waals surface area contributed by atoms with Gasteiger partial charge < -0.3 is 4.90 Å². The van der Waals surface area contributed by atoms with Crippen molar-refractivity contribution in [3.63, 3.8) is 0 Å². The molecular formula is C16H16IN. The fourth-order valence-electron chi connectivity index (χ4n) is 2.13. The molecule has 2 rings (SSSR count). The Morgan fingerprint density at radius 3 is 2.56 bits per heavy atom. The van der Waals surface area contributed by atoms with Gasteiger partial charge in [0, 0.05) is 15.8 Å². The lowest BCUT2D eigenvalue weighted by Gasteiger charge is -2.33. The van der Waals surface area contributed by atoms with Crippen LogP contribution in [-0.4, -0.2) is 11.4 Å². The van der Waals surface area contributed by atoms with Crippen LogP contribution in [0.25, 0.3) is 5.70 Å². The van der Waals surface area contributed by atoms with Crippen LogP contribution >= 0.6 is 22.6 Å². The summed E-state index contributed by atoms with van der Waals surface area (Å²) in [6, 6.07) is 10.4. The van der Waals surface area contributed by atoms with Crippen LogP contribution in [0.2, 0.25) is 0 Å². The average molecular weight is 349 g/mol. The normalized spacial score (nSPS) is 15.8. The lowest BCUT2D eigenvalue weighted by molar-refractivity contribution is 0.553. The maximum atomic E-state index is 4.17. The van der Waals surface area contributed by atoms with E-state index in [0.29, 0.717) is 0 Å². The van der Waals surface area contributed by atoms with Crippen molar-refractivity contribution in [1.82, 2.24) is 4.90 Å². The number of benzene rings is 1. The first-order valence-electron chi connectivity index (χ1n) is 5.86. The lowest BCUT2D eigenvalue weighted by atomic mass is 10.0. The van der Waals surface area contributed by atoms with Gasteiger partial charge in [-0.3, -0.25) is 0 Å². The fraction of sp³-hybridized carbons (Fsp3) is 0.125. The van der Waals surface area contributed by atoms with Gasteiger partial charge in [0.2, 0.25) is 0 Å². The minimum Gasteiger partial charge on any atom is -0.337 e. The van der Waals surface area contributed by atoms with E-state index in [-0.39, 0.29) is 0 Å². The van der Waals surface area contributed by atoms with Gasteiger partial charge in [0.05, 0.1) is 5.70 Å². The molecule has 0 bridgehead atoms. The smallest absolute Gasteiger partial charge is 0.0517 e. The molecule has 0 unspecified atom stereocenters. The van der Waals surface area contributed by atoms with E-state index < -0.39 is 0 Å². The first-order chi connectivity index (χ1) is 8.65. The summed E-state index contributed by atoms with van der Waals surface area (Å²) < 4.78 is 1.19. The predicted molar refractivity (Wildman–Crippen MR) is 87.2 cm³/mol. The second kappa shape index (κ2) is 5.57. The van der Waals surface area contributed by atoms with Gasteiger partial charge in [0.1, 0.15) is 0 Å². The Morgan fingerprint density at radius 2 is 1.94 bits per heavy atom. The highest BCUT2D eigenvalue weighted by molar-refractivity contribution is 14.1. The molecule has 92 valence electrons. The van der Waals surface area contributed by atoms with Crippen molar-refractivity contribution in [2.45, 2.75) is 6.92 Å². The van der Waals surface area contributed by atoms with E-state index in [1.807, 2.05) is 12.1 Å². The summed E-state index contributed by atoms with van der Waals surface area (Å²) in [6.45, 7) is 10.9. The second-order valence-corrected chi connectivity index (χ2v) is 5.40. The zero-order chi connectivity index (χ0) is 13.1. The van der Waals surface area contributed by atoms with Gasteiger partial charge in [0.15, 0.2) is 0 Å². The summed E-state index contributed by atoms with van der Waals surface area (Å²) in [7, 11) is 0. The molecule has 0 spiro atoms. The predicted octanol–water partition coefficient (Wildman–Crippen LogP) is 4.75. The number of halogens is 1. The Morgan fingerprint density at radius 1 is 1.28 bits per heavy atom. The zero-order valence-corrected chi connectivity index (χ0v) is 12.6. The zero-order valence-electron chi connectivity index (χ0n) is 10.5. The quantitative estimate of drug-likeness (QED) is 0.562. The topological polar surface area (TPSA) is 3.24 Å². The molecule has 0 radical (unpaired) electrons. The van der Waals surface area contributed by atoms with E-state index in [2.05, 4.69) is 77.9 Å². The Balaban J connectivity index is 2.55. The highest BCUT2D eigenvalue weighted by Gasteiger charge is 2.21.